The van der Waals surface area contributed by atoms with E-state index in [1.54, 1.807) is 18.2 Å². The first kappa shape index (κ1) is 17.0. The molecule has 5 nitrogen and oxygen atoms in total. The Balaban J connectivity index is 2.00. The van der Waals surface area contributed by atoms with Gasteiger partial charge in [0.2, 0.25) is 0 Å². The van der Waals surface area contributed by atoms with Crippen LogP contribution in [0.2, 0.25) is 0 Å². The summed E-state index contributed by atoms with van der Waals surface area (Å²) in [5, 5.41) is 10.3. The molecule has 0 radical (unpaired) electrons. The predicted octanol–water partition coefficient (Wildman–Crippen LogP) is 2.85. The Kier molecular flexibility index (Phi) is 5.73. The molecule has 1 aromatic carbocycles. The van der Waals surface area contributed by atoms with E-state index in [4.69, 9.17) is 4.52 Å². The van der Waals surface area contributed by atoms with Crippen LogP contribution in [0.1, 0.15) is 32.0 Å². The lowest BCUT2D eigenvalue weighted by Gasteiger charge is -2.26. The van der Waals surface area contributed by atoms with Gasteiger partial charge in [0.15, 0.2) is 5.96 Å². The molecular formula is C17H23FN4O. The topological polar surface area (TPSA) is 62.5 Å². The van der Waals surface area contributed by atoms with Crippen molar-refractivity contribution in [2.24, 2.45) is 4.99 Å². The average molecular weight is 318 g/mol. The number of hydrogen-bond acceptors (Lipinski definition) is 3. The molecular weight excluding hydrogens is 295 g/mol. The Labute approximate surface area is 136 Å². The molecule has 0 bridgehead atoms. The lowest BCUT2D eigenvalue weighted by molar-refractivity contribution is 0.412. The van der Waals surface area contributed by atoms with Gasteiger partial charge in [-0.25, -0.2) is 9.38 Å². The van der Waals surface area contributed by atoms with Crippen LogP contribution >= 0.6 is 0 Å². The van der Waals surface area contributed by atoms with Crippen LogP contribution in [0, 0.1) is 5.82 Å². The summed E-state index contributed by atoms with van der Waals surface area (Å²) in [4.78, 5) is 4.47. The molecule has 0 spiro atoms. The maximum atomic E-state index is 13.4. The number of rotatable bonds is 6. The van der Waals surface area contributed by atoms with Gasteiger partial charge < -0.3 is 15.2 Å². The van der Waals surface area contributed by atoms with Crippen molar-refractivity contribution in [3.05, 3.63) is 53.7 Å². The van der Waals surface area contributed by atoms with Gasteiger partial charge in [-0.1, -0.05) is 31.1 Å². The minimum atomic E-state index is -0.230. The summed E-state index contributed by atoms with van der Waals surface area (Å²) in [6.07, 6.45) is 1.53. The highest BCUT2D eigenvalue weighted by atomic mass is 19.1. The normalized spacial score (nSPS) is 12.3. The van der Waals surface area contributed by atoms with Crippen molar-refractivity contribution in [1.82, 2.24) is 15.8 Å². The summed E-state index contributed by atoms with van der Waals surface area (Å²) in [5.74, 6) is 0.474. The van der Waals surface area contributed by atoms with E-state index >= 15 is 0 Å². The van der Waals surface area contributed by atoms with Gasteiger partial charge in [-0.2, -0.15) is 0 Å². The van der Waals surface area contributed by atoms with Crippen molar-refractivity contribution in [3.8, 4) is 0 Å². The van der Waals surface area contributed by atoms with Gasteiger partial charge in [-0.3, -0.25) is 0 Å². The molecule has 0 fully saturated rings. The molecule has 23 heavy (non-hydrogen) atoms. The third kappa shape index (κ3) is 5.09. The van der Waals surface area contributed by atoms with Gasteiger partial charge in [0.1, 0.15) is 17.8 Å². The SMILES string of the molecule is CCNC(=NCc1ccon1)NCC(C)(C)c1cccc(F)c1. The summed E-state index contributed by atoms with van der Waals surface area (Å²) in [6, 6.07) is 8.47. The molecule has 6 heteroatoms. The third-order valence-electron chi connectivity index (χ3n) is 3.54. The van der Waals surface area contributed by atoms with E-state index in [2.05, 4.69) is 34.6 Å². The maximum Gasteiger partial charge on any atom is 0.191 e. The highest BCUT2D eigenvalue weighted by Gasteiger charge is 2.21. The van der Waals surface area contributed by atoms with Gasteiger partial charge in [-0.05, 0) is 24.6 Å². The Hall–Kier alpha value is -2.37. The van der Waals surface area contributed by atoms with Crippen LogP contribution in [0.4, 0.5) is 4.39 Å². The van der Waals surface area contributed by atoms with Crippen LogP contribution in [0.15, 0.2) is 46.1 Å². The number of hydrogen-bond donors (Lipinski definition) is 2. The molecule has 0 aliphatic heterocycles. The van der Waals surface area contributed by atoms with Crippen molar-refractivity contribution in [1.29, 1.82) is 0 Å². The highest BCUT2D eigenvalue weighted by molar-refractivity contribution is 5.79. The van der Waals surface area contributed by atoms with E-state index in [0.717, 1.165) is 17.8 Å². The Morgan fingerprint density at radius 3 is 2.78 bits per heavy atom. The standard InChI is InChI=1S/C17H23FN4O/c1-4-19-16(20-11-15-8-9-23-22-15)21-12-17(2,3)13-6-5-7-14(18)10-13/h5-10H,4,11-12H2,1-3H3,(H2,19,20,21). The van der Waals surface area contributed by atoms with E-state index in [-0.39, 0.29) is 11.2 Å². The molecule has 1 aromatic heterocycles. The Morgan fingerprint density at radius 1 is 1.30 bits per heavy atom. The average Bonchev–Trinajstić information content (AvgIpc) is 3.03. The predicted molar refractivity (Wildman–Crippen MR) is 88.7 cm³/mol. The van der Waals surface area contributed by atoms with Crippen LogP contribution in [0.5, 0.6) is 0 Å². The summed E-state index contributed by atoms with van der Waals surface area (Å²) in [6.45, 7) is 7.95. The highest BCUT2D eigenvalue weighted by Crippen LogP contribution is 2.22. The molecule has 0 saturated heterocycles. The van der Waals surface area contributed by atoms with Gasteiger partial charge >= 0.3 is 0 Å². The number of guanidine groups is 1. The fourth-order valence-electron chi connectivity index (χ4n) is 2.14. The van der Waals surface area contributed by atoms with E-state index in [0.29, 0.717) is 19.0 Å². The summed E-state index contributed by atoms with van der Waals surface area (Å²) in [5.41, 5.74) is 1.48. The fraction of sp³-hybridized carbons (Fsp3) is 0.412. The number of halogens is 1. The van der Waals surface area contributed by atoms with Crippen molar-refractivity contribution >= 4 is 5.96 Å². The van der Waals surface area contributed by atoms with Crippen LogP contribution in [-0.4, -0.2) is 24.2 Å². The minimum absolute atomic E-state index is 0.220. The van der Waals surface area contributed by atoms with Gasteiger partial charge in [0.25, 0.3) is 0 Å². The second-order valence-corrected chi connectivity index (χ2v) is 5.93. The molecule has 2 N–H and O–H groups in total. The first-order valence-corrected chi connectivity index (χ1v) is 7.69. The van der Waals surface area contributed by atoms with Gasteiger partial charge in [0.05, 0.1) is 6.54 Å². The number of nitrogens with zero attached hydrogens (tertiary/aromatic N) is 2. The van der Waals surface area contributed by atoms with Gasteiger partial charge in [-0.15, -0.1) is 0 Å². The zero-order chi connectivity index (χ0) is 16.7. The Bertz CT molecular complexity index is 638. The van der Waals surface area contributed by atoms with E-state index in [1.165, 1.54) is 12.3 Å². The Morgan fingerprint density at radius 2 is 2.13 bits per heavy atom. The van der Waals surface area contributed by atoms with E-state index in [1.807, 2.05) is 13.0 Å². The van der Waals surface area contributed by atoms with Crippen LogP contribution in [0.25, 0.3) is 0 Å². The maximum absolute atomic E-state index is 13.4. The van der Waals surface area contributed by atoms with Crippen molar-refractivity contribution in [3.63, 3.8) is 0 Å². The van der Waals surface area contributed by atoms with Crippen molar-refractivity contribution in [2.45, 2.75) is 32.7 Å². The summed E-state index contributed by atoms with van der Waals surface area (Å²) in [7, 11) is 0. The summed E-state index contributed by atoms with van der Waals surface area (Å²) < 4.78 is 18.2. The number of nitrogens with one attached hydrogen (secondary N) is 2. The zero-order valence-electron chi connectivity index (χ0n) is 13.8. The third-order valence-corrected chi connectivity index (χ3v) is 3.54. The largest absolute Gasteiger partial charge is 0.364 e. The first-order valence-electron chi connectivity index (χ1n) is 7.69. The molecule has 2 aromatic rings. The van der Waals surface area contributed by atoms with E-state index in [9.17, 15) is 4.39 Å². The molecule has 0 amide bonds. The van der Waals surface area contributed by atoms with Crippen LogP contribution < -0.4 is 10.6 Å². The summed E-state index contributed by atoms with van der Waals surface area (Å²) >= 11 is 0. The van der Waals surface area contributed by atoms with Crippen molar-refractivity contribution in [2.75, 3.05) is 13.1 Å². The molecule has 0 aliphatic rings. The van der Waals surface area contributed by atoms with Gasteiger partial charge in [0, 0.05) is 24.6 Å². The lowest BCUT2D eigenvalue weighted by atomic mass is 9.84. The van der Waals surface area contributed by atoms with Crippen LogP contribution in [-0.2, 0) is 12.0 Å². The second kappa shape index (κ2) is 7.76. The smallest absolute Gasteiger partial charge is 0.191 e. The molecule has 124 valence electrons. The molecule has 2 rings (SSSR count). The molecule has 0 atom stereocenters. The lowest BCUT2D eigenvalue weighted by Crippen LogP contribution is -2.43. The number of aliphatic imine (C=N–C) groups is 1. The first-order chi connectivity index (χ1) is 11.0. The molecule has 0 aliphatic carbocycles. The fourth-order valence-corrected chi connectivity index (χ4v) is 2.14. The van der Waals surface area contributed by atoms with E-state index < -0.39 is 0 Å². The number of aromatic nitrogens is 1. The van der Waals surface area contributed by atoms with Crippen molar-refractivity contribution < 1.29 is 8.91 Å². The monoisotopic (exact) mass is 318 g/mol. The molecule has 0 saturated carbocycles. The molecule has 1 heterocycles. The molecule has 0 unspecified atom stereocenters. The quantitative estimate of drug-likeness (QED) is 0.635. The zero-order valence-corrected chi connectivity index (χ0v) is 13.8. The second-order valence-electron chi connectivity index (χ2n) is 5.93. The minimum Gasteiger partial charge on any atom is -0.364 e. The number of benzene rings is 1. The van der Waals surface area contributed by atoms with Crippen LogP contribution in [0.3, 0.4) is 0 Å².